The lowest BCUT2D eigenvalue weighted by Gasteiger charge is -2.00. The summed E-state index contributed by atoms with van der Waals surface area (Å²) >= 11 is 0. The highest BCUT2D eigenvalue weighted by Gasteiger charge is 2.02. The highest BCUT2D eigenvalue weighted by atomic mass is 16.2. The van der Waals surface area contributed by atoms with Gasteiger partial charge in [-0.1, -0.05) is 5.92 Å². The van der Waals surface area contributed by atoms with E-state index >= 15 is 0 Å². The number of nitrogens with zero attached hydrogens (tertiary/aromatic N) is 3. The van der Waals surface area contributed by atoms with Gasteiger partial charge in [0.05, 0.1) is 18.3 Å². The number of carbonyl (C=O) groups excluding carboxylic acids is 1. The molecule has 1 rings (SSSR count). The minimum absolute atomic E-state index is 0.0728. The zero-order valence-electron chi connectivity index (χ0n) is 7.40. The number of hydrogen-bond donors (Lipinski definition) is 1. The third kappa shape index (κ3) is 2.65. The maximum atomic E-state index is 11.1. The van der Waals surface area contributed by atoms with Gasteiger partial charge in [-0.05, 0) is 0 Å². The first-order valence-electron chi connectivity index (χ1n) is 3.89. The highest BCUT2D eigenvalue weighted by molar-refractivity contribution is 5.75. The number of aromatic nitrogens is 2. The molecule has 5 nitrogen and oxygen atoms in total. The van der Waals surface area contributed by atoms with Crippen LogP contribution in [-0.4, -0.2) is 22.2 Å². The Labute approximate surface area is 81.3 Å². The smallest absolute Gasteiger partial charge is 0.242 e. The van der Waals surface area contributed by atoms with Gasteiger partial charge in [0, 0.05) is 6.20 Å². The summed E-state index contributed by atoms with van der Waals surface area (Å²) in [6, 6.07) is 1.92. The molecular weight excluding hydrogens is 180 g/mol. The molecule has 5 heteroatoms. The lowest BCUT2D eigenvalue weighted by Crippen LogP contribution is -2.27. The molecule has 0 saturated carbocycles. The quantitative estimate of drug-likeness (QED) is 0.650. The number of rotatable bonds is 3. The Kier molecular flexibility index (Phi) is 3.28. The van der Waals surface area contributed by atoms with E-state index in [1.807, 2.05) is 6.07 Å². The summed E-state index contributed by atoms with van der Waals surface area (Å²) < 4.78 is 1.38. The zero-order chi connectivity index (χ0) is 10.4. The average Bonchev–Trinajstić information content (AvgIpc) is 2.62. The third-order valence-electron chi connectivity index (χ3n) is 1.46. The van der Waals surface area contributed by atoms with Crippen molar-refractivity contribution in [1.82, 2.24) is 15.1 Å². The summed E-state index contributed by atoms with van der Waals surface area (Å²) in [5, 5.41) is 14.8. The van der Waals surface area contributed by atoms with Gasteiger partial charge in [0.1, 0.15) is 12.6 Å². The predicted octanol–water partition coefficient (Wildman–Crippen LogP) is -0.496. The SMILES string of the molecule is C#CCNC(=O)Cn1cc(C#N)cn1. The second-order valence-corrected chi connectivity index (χ2v) is 2.52. The van der Waals surface area contributed by atoms with Gasteiger partial charge >= 0.3 is 0 Å². The van der Waals surface area contributed by atoms with Crippen molar-refractivity contribution < 1.29 is 4.79 Å². The van der Waals surface area contributed by atoms with Crippen molar-refractivity contribution in [3.63, 3.8) is 0 Å². The Morgan fingerprint density at radius 1 is 1.79 bits per heavy atom. The fourth-order valence-corrected chi connectivity index (χ4v) is 0.860. The molecule has 70 valence electrons. The first kappa shape index (κ1) is 9.82. The van der Waals surface area contributed by atoms with E-state index in [1.54, 1.807) is 0 Å². The molecule has 1 N–H and O–H groups in total. The summed E-state index contributed by atoms with van der Waals surface area (Å²) in [4.78, 5) is 11.1. The summed E-state index contributed by atoms with van der Waals surface area (Å²) in [5.41, 5.74) is 0.426. The molecule has 0 aliphatic heterocycles. The molecule has 14 heavy (non-hydrogen) atoms. The van der Waals surface area contributed by atoms with Gasteiger partial charge in [-0.25, -0.2) is 0 Å². The number of amides is 1. The minimum Gasteiger partial charge on any atom is -0.344 e. The Morgan fingerprint density at radius 2 is 2.57 bits per heavy atom. The van der Waals surface area contributed by atoms with Crippen LogP contribution in [0.1, 0.15) is 5.56 Å². The van der Waals surface area contributed by atoms with Crippen molar-refractivity contribution in [2.75, 3.05) is 6.54 Å². The number of terminal acetylenes is 1. The van der Waals surface area contributed by atoms with Gasteiger partial charge in [0.15, 0.2) is 0 Å². The molecule has 0 saturated heterocycles. The van der Waals surface area contributed by atoms with Crippen LogP contribution in [-0.2, 0) is 11.3 Å². The molecule has 0 unspecified atom stereocenters. The van der Waals surface area contributed by atoms with Gasteiger partial charge < -0.3 is 5.32 Å². The van der Waals surface area contributed by atoms with Crippen LogP contribution in [0.25, 0.3) is 0 Å². The van der Waals surface area contributed by atoms with E-state index in [1.165, 1.54) is 17.1 Å². The van der Waals surface area contributed by atoms with E-state index in [9.17, 15) is 4.79 Å². The van der Waals surface area contributed by atoms with Crippen LogP contribution in [0.4, 0.5) is 0 Å². The fraction of sp³-hybridized carbons (Fsp3) is 0.222. The number of carbonyl (C=O) groups is 1. The van der Waals surface area contributed by atoms with Gasteiger partial charge in [-0.2, -0.15) is 10.4 Å². The van der Waals surface area contributed by atoms with Gasteiger partial charge in [-0.15, -0.1) is 6.42 Å². The maximum absolute atomic E-state index is 11.1. The largest absolute Gasteiger partial charge is 0.344 e. The normalized spacial score (nSPS) is 8.71. The van der Waals surface area contributed by atoms with E-state index in [2.05, 4.69) is 16.3 Å². The summed E-state index contributed by atoms with van der Waals surface area (Å²) in [5.74, 6) is 2.06. The lowest BCUT2D eigenvalue weighted by molar-refractivity contribution is -0.121. The van der Waals surface area contributed by atoms with Crippen LogP contribution >= 0.6 is 0 Å². The Morgan fingerprint density at radius 3 is 3.14 bits per heavy atom. The Hall–Kier alpha value is -2.27. The van der Waals surface area contributed by atoms with E-state index in [0.717, 1.165) is 0 Å². The molecule has 0 fully saturated rings. The molecule has 0 atom stereocenters. The van der Waals surface area contributed by atoms with E-state index in [4.69, 9.17) is 11.7 Å². The average molecular weight is 188 g/mol. The van der Waals surface area contributed by atoms with Gasteiger partial charge in [-0.3, -0.25) is 9.48 Å². The van der Waals surface area contributed by atoms with E-state index < -0.39 is 0 Å². The van der Waals surface area contributed by atoms with Crippen molar-refractivity contribution in [3.05, 3.63) is 18.0 Å². The molecule has 0 aliphatic rings. The second kappa shape index (κ2) is 4.68. The van der Waals surface area contributed by atoms with Crippen molar-refractivity contribution >= 4 is 5.91 Å². The van der Waals surface area contributed by atoms with Crippen LogP contribution in [0.2, 0.25) is 0 Å². The molecular formula is C9H8N4O. The second-order valence-electron chi connectivity index (χ2n) is 2.52. The Bertz CT molecular complexity index is 407. The van der Waals surface area contributed by atoms with E-state index in [-0.39, 0.29) is 19.0 Å². The van der Waals surface area contributed by atoms with Crippen LogP contribution < -0.4 is 5.32 Å². The zero-order valence-corrected chi connectivity index (χ0v) is 7.40. The fourth-order valence-electron chi connectivity index (χ4n) is 0.860. The molecule has 1 aromatic heterocycles. The highest BCUT2D eigenvalue weighted by Crippen LogP contribution is 1.93. The molecule has 0 bridgehead atoms. The molecule has 0 radical (unpaired) electrons. The standard InChI is InChI=1S/C9H8N4O/c1-2-3-11-9(14)7-13-6-8(4-10)5-12-13/h1,5-6H,3,7H2,(H,11,14). The summed E-state index contributed by atoms with van der Waals surface area (Å²) in [7, 11) is 0. The number of nitriles is 1. The molecule has 1 aromatic rings. The molecule has 0 spiro atoms. The Balaban J connectivity index is 2.49. The monoisotopic (exact) mass is 188 g/mol. The van der Waals surface area contributed by atoms with Crippen LogP contribution in [0, 0.1) is 23.7 Å². The topological polar surface area (TPSA) is 70.7 Å². The lowest BCUT2D eigenvalue weighted by atomic mass is 10.4. The number of hydrogen-bond acceptors (Lipinski definition) is 3. The maximum Gasteiger partial charge on any atom is 0.242 e. The number of nitrogens with one attached hydrogen (secondary N) is 1. The minimum atomic E-state index is -0.226. The van der Waals surface area contributed by atoms with Crippen molar-refractivity contribution in [2.24, 2.45) is 0 Å². The van der Waals surface area contributed by atoms with Gasteiger partial charge in [0.25, 0.3) is 0 Å². The first-order valence-corrected chi connectivity index (χ1v) is 3.89. The summed E-state index contributed by atoms with van der Waals surface area (Å²) in [6.07, 6.45) is 7.86. The third-order valence-corrected chi connectivity index (χ3v) is 1.46. The molecule has 0 aliphatic carbocycles. The van der Waals surface area contributed by atoms with Crippen LogP contribution in [0.3, 0.4) is 0 Å². The van der Waals surface area contributed by atoms with Crippen LogP contribution in [0.5, 0.6) is 0 Å². The van der Waals surface area contributed by atoms with Crippen molar-refractivity contribution in [3.8, 4) is 18.4 Å². The molecule has 1 amide bonds. The molecule has 1 heterocycles. The molecule has 0 aromatic carbocycles. The van der Waals surface area contributed by atoms with Gasteiger partial charge in [0.2, 0.25) is 5.91 Å². The summed E-state index contributed by atoms with van der Waals surface area (Å²) in [6.45, 7) is 0.272. The van der Waals surface area contributed by atoms with E-state index in [0.29, 0.717) is 5.56 Å². The predicted molar refractivity (Wildman–Crippen MR) is 48.8 cm³/mol. The van der Waals surface area contributed by atoms with Crippen molar-refractivity contribution in [2.45, 2.75) is 6.54 Å². The van der Waals surface area contributed by atoms with Crippen LogP contribution in [0.15, 0.2) is 12.4 Å². The first-order chi connectivity index (χ1) is 6.76. The van der Waals surface area contributed by atoms with Crippen molar-refractivity contribution in [1.29, 1.82) is 5.26 Å².